The Bertz CT molecular complexity index is 1030. The van der Waals surface area contributed by atoms with Crippen molar-refractivity contribution < 1.29 is 8.42 Å². The molecule has 1 aromatic carbocycles. The molecule has 9 heteroatoms. The molecule has 0 unspecified atom stereocenters. The normalized spacial score (nSPS) is 12.0. The van der Waals surface area contributed by atoms with Gasteiger partial charge < -0.3 is 0 Å². The fraction of sp³-hybridized carbons (Fsp3) is 0.312. The highest BCUT2D eigenvalue weighted by Gasteiger charge is 2.16. The lowest BCUT2D eigenvalue weighted by atomic mass is 10.2. The number of rotatable bonds is 5. The molecule has 25 heavy (non-hydrogen) atoms. The van der Waals surface area contributed by atoms with Crippen LogP contribution in [0, 0.1) is 20.8 Å². The summed E-state index contributed by atoms with van der Waals surface area (Å²) in [6.45, 7) is 5.89. The lowest BCUT2D eigenvalue weighted by molar-refractivity contribution is 0.597. The van der Waals surface area contributed by atoms with Gasteiger partial charge in [-0.25, -0.2) is 17.9 Å². The fourth-order valence-corrected chi connectivity index (χ4v) is 4.89. The molecule has 0 aliphatic rings. The van der Waals surface area contributed by atoms with Crippen molar-refractivity contribution in [1.82, 2.24) is 19.6 Å². The second-order valence-electron chi connectivity index (χ2n) is 5.64. The summed E-state index contributed by atoms with van der Waals surface area (Å²) in [5.74, 6) is 0.890. The second-order valence-corrected chi connectivity index (χ2v) is 9.24. The molecule has 2 aromatic heterocycles. The van der Waals surface area contributed by atoms with E-state index in [0.717, 1.165) is 17.0 Å². The molecule has 0 aliphatic carbocycles. The lowest BCUT2D eigenvalue weighted by Gasteiger charge is -2.04. The Morgan fingerprint density at radius 3 is 2.48 bits per heavy atom. The molecule has 0 amide bonds. The number of hydrogen-bond donors (Lipinski definition) is 0. The summed E-state index contributed by atoms with van der Waals surface area (Å²) in [5.41, 5.74) is 2.97. The number of halogens is 1. The van der Waals surface area contributed by atoms with Crippen LogP contribution >= 0.6 is 23.4 Å². The minimum absolute atomic E-state index is 0.000677. The van der Waals surface area contributed by atoms with Crippen LogP contribution in [0.3, 0.4) is 0 Å². The summed E-state index contributed by atoms with van der Waals surface area (Å²) in [6.07, 6.45) is 0. The summed E-state index contributed by atoms with van der Waals surface area (Å²) in [6, 6.07) is 6.18. The van der Waals surface area contributed by atoms with Gasteiger partial charge in [0, 0.05) is 22.2 Å². The Morgan fingerprint density at radius 1 is 1.12 bits per heavy atom. The van der Waals surface area contributed by atoms with E-state index in [2.05, 4.69) is 15.1 Å². The number of hydrogen-bond acceptors (Lipinski definition) is 6. The maximum absolute atomic E-state index is 12.3. The van der Waals surface area contributed by atoms with Crippen LogP contribution in [0.1, 0.15) is 17.0 Å². The maximum atomic E-state index is 12.3. The quantitative estimate of drug-likeness (QED) is 0.616. The molecule has 0 bridgehead atoms. The van der Waals surface area contributed by atoms with Crippen molar-refractivity contribution in [3.05, 3.63) is 46.2 Å². The zero-order valence-corrected chi connectivity index (χ0v) is 16.4. The zero-order chi connectivity index (χ0) is 18.2. The van der Waals surface area contributed by atoms with Crippen molar-refractivity contribution >= 4 is 39.0 Å². The van der Waals surface area contributed by atoms with Gasteiger partial charge in [0.2, 0.25) is 5.16 Å². The minimum atomic E-state index is -3.36. The first-order chi connectivity index (χ1) is 11.8. The van der Waals surface area contributed by atoms with Gasteiger partial charge >= 0.3 is 0 Å². The number of fused-ring (bicyclic) bond motifs is 1. The van der Waals surface area contributed by atoms with Crippen molar-refractivity contribution in [2.45, 2.75) is 30.8 Å². The van der Waals surface area contributed by atoms with E-state index in [4.69, 9.17) is 11.6 Å². The zero-order valence-electron chi connectivity index (χ0n) is 14.0. The first-order valence-corrected chi connectivity index (χ1v) is 10.6. The van der Waals surface area contributed by atoms with E-state index in [1.165, 1.54) is 23.9 Å². The second kappa shape index (κ2) is 6.93. The van der Waals surface area contributed by atoms with Gasteiger partial charge in [-0.3, -0.25) is 0 Å². The topological polar surface area (TPSA) is 77.2 Å². The number of thioether (sulfide) groups is 1. The summed E-state index contributed by atoms with van der Waals surface area (Å²) in [5, 5.41) is 5.44. The van der Waals surface area contributed by atoms with Gasteiger partial charge in [-0.1, -0.05) is 23.4 Å². The van der Waals surface area contributed by atoms with Crippen LogP contribution in [0.4, 0.5) is 0 Å². The molecule has 132 valence electrons. The predicted octanol–water partition coefficient (Wildman–Crippen LogP) is 3.27. The molecule has 0 aliphatic heterocycles. The Labute approximate surface area is 155 Å². The molecule has 3 rings (SSSR count). The van der Waals surface area contributed by atoms with Gasteiger partial charge in [-0.2, -0.15) is 4.98 Å². The summed E-state index contributed by atoms with van der Waals surface area (Å²) in [7, 11) is -3.36. The molecule has 0 fully saturated rings. The average molecular weight is 397 g/mol. The highest BCUT2D eigenvalue weighted by Crippen LogP contribution is 2.20. The monoisotopic (exact) mass is 396 g/mol. The van der Waals surface area contributed by atoms with E-state index in [1.54, 1.807) is 16.6 Å². The van der Waals surface area contributed by atoms with Gasteiger partial charge in [0.25, 0.3) is 5.78 Å². The SMILES string of the molecule is Cc1nc2nc(SCCS(=O)(=O)c3ccc(Cl)cc3)nn2c(C)c1C. The summed E-state index contributed by atoms with van der Waals surface area (Å²) in [4.78, 5) is 9.05. The third-order valence-electron chi connectivity index (χ3n) is 4.00. The molecule has 2 heterocycles. The van der Waals surface area contributed by atoms with Crippen LogP contribution in [0.2, 0.25) is 5.02 Å². The minimum Gasteiger partial charge on any atom is -0.224 e. The van der Waals surface area contributed by atoms with Crippen molar-refractivity contribution in [3.63, 3.8) is 0 Å². The van der Waals surface area contributed by atoms with Gasteiger partial charge in [0.1, 0.15) is 0 Å². The highest BCUT2D eigenvalue weighted by molar-refractivity contribution is 8.00. The van der Waals surface area contributed by atoms with E-state index >= 15 is 0 Å². The van der Waals surface area contributed by atoms with Crippen LogP contribution in [-0.4, -0.2) is 39.5 Å². The highest BCUT2D eigenvalue weighted by atomic mass is 35.5. The van der Waals surface area contributed by atoms with Gasteiger partial charge in [-0.15, -0.1) is 5.10 Å². The first kappa shape index (κ1) is 18.2. The van der Waals surface area contributed by atoms with Crippen LogP contribution in [-0.2, 0) is 9.84 Å². The molecule has 6 nitrogen and oxygen atoms in total. The number of aromatic nitrogens is 4. The van der Waals surface area contributed by atoms with E-state index in [0.29, 0.717) is 21.7 Å². The van der Waals surface area contributed by atoms with Gasteiger partial charge in [0.15, 0.2) is 9.84 Å². The molecule has 0 saturated heterocycles. The molecule has 0 saturated carbocycles. The Morgan fingerprint density at radius 2 is 1.80 bits per heavy atom. The van der Waals surface area contributed by atoms with Crippen molar-refractivity contribution in [1.29, 1.82) is 0 Å². The van der Waals surface area contributed by atoms with Crippen LogP contribution in [0.5, 0.6) is 0 Å². The molecule has 0 spiro atoms. The molecule has 0 atom stereocenters. The van der Waals surface area contributed by atoms with E-state index in [1.807, 2.05) is 20.8 Å². The predicted molar refractivity (Wildman–Crippen MR) is 99.2 cm³/mol. The smallest absolute Gasteiger partial charge is 0.224 e. The first-order valence-electron chi connectivity index (χ1n) is 7.59. The largest absolute Gasteiger partial charge is 0.253 e. The maximum Gasteiger partial charge on any atom is 0.253 e. The summed E-state index contributed by atoms with van der Waals surface area (Å²) < 4.78 is 26.4. The molecule has 3 aromatic rings. The van der Waals surface area contributed by atoms with Crippen LogP contribution in [0.15, 0.2) is 34.3 Å². The van der Waals surface area contributed by atoms with Gasteiger partial charge in [-0.05, 0) is 50.6 Å². The Balaban J connectivity index is 1.73. The van der Waals surface area contributed by atoms with Crippen molar-refractivity contribution in [2.75, 3.05) is 11.5 Å². The molecular weight excluding hydrogens is 380 g/mol. The van der Waals surface area contributed by atoms with Gasteiger partial charge in [0.05, 0.1) is 10.6 Å². The Kier molecular flexibility index (Phi) is 5.04. The third-order valence-corrected chi connectivity index (χ3v) is 7.08. The Hall–Kier alpha value is -1.64. The fourth-order valence-electron chi connectivity index (χ4n) is 2.30. The third kappa shape index (κ3) is 3.80. The number of nitrogens with zero attached hydrogens (tertiary/aromatic N) is 4. The average Bonchev–Trinajstić information content (AvgIpc) is 2.96. The van der Waals surface area contributed by atoms with Crippen molar-refractivity contribution in [2.24, 2.45) is 0 Å². The summed E-state index contributed by atoms with van der Waals surface area (Å²) >= 11 is 7.10. The number of sulfone groups is 1. The van der Waals surface area contributed by atoms with Crippen LogP contribution < -0.4 is 0 Å². The molecule has 0 radical (unpaired) electrons. The molecular formula is C16H17ClN4O2S2. The van der Waals surface area contributed by atoms with E-state index < -0.39 is 9.84 Å². The molecule has 0 N–H and O–H groups in total. The van der Waals surface area contributed by atoms with E-state index in [9.17, 15) is 8.42 Å². The van der Waals surface area contributed by atoms with Crippen LogP contribution in [0.25, 0.3) is 5.78 Å². The number of benzene rings is 1. The van der Waals surface area contributed by atoms with E-state index in [-0.39, 0.29) is 10.6 Å². The standard InChI is InChI=1S/C16H17ClN4O2S2/c1-10-11(2)18-15-19-16(20-21(15)12(10)3)24-8-9-25(22,23)14-6-4-13(17)5-7-14/h4-7H,8-9H2,1-3H3. The lowest BCUT2D eigenvalue weighted by Crippen LogP contribution is -2.08. The number of aryl methyl sites for hydroxylation is 2. The van der Waals surface area contributed by atoms with Crippen molar-refractivity contribution in [3.8, 4) is 0 Å².